The van der Waals surface area contributed by atoms with E-state index < -0.39 is 0 Å². The van der Waals surface area contributed by atoms with Crippen LogP contribution in [0, 0.1) is 17.7 Å². The Bertz CT molecular complexity index is 477. The van der Waals surface area contributed by atoms with Crippen molar-refractivity contribution in [2.24, 2.45) is 17.6 Å². The smallest absolute Gasteiger partial charge is 0.226 e. The molecule has 1 saturated carbocycles. The molecule has 4 heteroatoms. The van der Waals surface area contributed by atoms with E-state index in [1.165, 1.54) is 6.07 Å². The van der Waals surface area contributed by atoms with Gasteiger partial charge in [-0.05, 0) is 38.3 Å². The Balaban J connectivity index is 2.12. The second kappa shape index (κ2) is 6.35. The van der Waals surface area contributed by atoms with Crippen molar-refractivity contribution in [1.29, 1.82) is 0 Å². The van der Waals surface area contributed by atoms with Gasteiger partial charge in [0.2, 0.25) is 5.91 Å². The highest BCUT2D eigenvalue weighted by atomic mass is 19.1. The first kappa shape index (κ1) is 15.0. The summed E-state index contributed by atoms with van der Waals surface area (Å²) in [4.78, 5) is 14.3. The molecule has 1 amide bonds. The highest BCUT2D eigenvalue weighted by molar-refractivity contribution is 5.79. The number of rotatable bonds is 4. The summed E-state index contributed by atoms with van der Waals surface area (Å²) in [5, 5.41) is 0. The number of carbonyl (C=O) groups is 1. The van der Waals surface area contributed by atoms with Gasteiger partial charge in [-0.1, -0.05) is 24.6 Å². The summed E-state index contributed by atoms with van der Waals surface area (Å²) < 4.78 is 13.8. The zero-order valence-electron chi connectivity index (χ0n) is 12.2. The highest BCUT2D eigenvalue weighted by Gasteiger charge is 2.35. The minimum absolute atomic E-state index is 0.000719. The standard InChI is InChI=1S/C16H23FN2O/c1-11(13-7-3-4-9-15(13)17)19(2)16(20)14-8-5-6-12(14)10-18/h3-4,7,9,11-12,14H,5-6,8,10,18H2,1-2H3. The molecule has 1 aromatic carbocycles. The van der Waals surface area contributed by atoms with Crippen LogP contribution in [-0.4, -0.2) is 24.4 Å². The summed E-state index contributed by atoms with van der Waals surface area (Å²) in [7, 11) is 1.76. The first-order valence-corrected chi connectivity index (χ1v) is 7.27. The maximum absolute atomic E-state index is 13.8. The van der Waals surface area contributed by atoms with E-state index in [0.717, 1.165) is 19.3 Å². The first-order valence-electron chi connectivity index (χ1n) is 7.27. The van der Waals surface area contributed by atoms with Crippen LogP contribution in [0.5, 0.6) is 0 Å². The van der Waals surface area contributed by atoms with Crippen LogP contribution in [0.4, 0.5) is 4.39 Å². The first-order chi connectivity index (χ1) is 9.56. The predicted octanol–water partition coefficient (Wildman–Crippen LogP) is 2.72. The molecule has 0 aromatic heterocycles. The van der Waals surface area contributed by atoms with Crippen molar-refractivity contribution in [3.63, 3.8) is 0 Å². The molecular weight excluding hydrogens is 255 g/mol. The molecule has 110 valence electrons. The number of nitrogens with two attached hydrogens (primary N) is 1. The quantitative estimate of drug-likeness (QED) is 0.920. The molecule has 0 radical (unpaired) electrons. The van der Waals surface area contributed by atoms with Crippen LogP contribution >= 0.6 is 0 Å². The van der Waals surface area contributed by atoms with E-state index in [0.29, 0.717) is 12.1 Å². The molecule has 3 unspecified atom stereocenters. The lowest BCUT2D eigenvalue weighted by Gasteiger charge is -2.30. The third-order valence-corrected chi connectivity index (χ3v) is 4.56. The number of hydrogen-bond acceptors (Lipinski definition) is 2. The maximum Gasteiger partial charge on any atom is 0.226 e. The summed E-state index contributed by atoms with van der Waals surface area (Å²) in [5.41, 5.74) is 6.30. The summed E-state index contributed by atoms with van der Waals surface area (Å²) in [6, 6.07) is 6.37. The monoisotopic (exact) mass is 278 g/mol. The number of amides is 1. The molecule has 0 spiro atoms. The van der Waals surface area contributed by atoms with Crippen molar-refractivity contribution in [1.82, 2.24) is 4.90 Å². The Morgan fingerprint density at radius 1 is 1.45 bits per heavy atom. The second-order valence-electron chi connectivity index (χ2n) is 5.68. The van der Waals surface area contributed by atoms with Crippen LogP contribution in [-0.2, 0) is 4.79 Å². The molecule has 3 atom stereocenters. The fourth-order valence-corrected chi connectivity index (χ4v) is 3.12. The molecule has 0 heterocycles. The molecule has 3 nitrogen and oxygen atoms in total. The van der Waals surface area contributed by atoms with Crippen LogP contribution in [0.1, 0.15) is 37.8 Å². The number of halogens is 1. The van der Waals surface area contributed by atoms with Gasteiger partial charge in [-0.25, -0.2) is 4.39 Å². The van der Waals surface area contributed by atoms with E-state index in [9.17, 15) is 9.18 Å². The van der Waals surface area contributed by atoms with Crippen LogP contribution in [0.2, 0.25) is 0 Å². The van der Waals surface area contributed by atoms with Gasteiger partial charge in [0.15, 0.2) is 0 Å². The van der Waals surface area contributed by atoms with Gasteiger partial charge < -0.3 is 10.6 Å². The number of benzene rings is 1. The lowest BCUT2D eigenvalue weighted by atomic mass is 9.94. The van der Waals surface area contributed by atoms with Gasteiger partial charge in [0.05, 0.1) is 6.04 Å². The lowest BCUT2D eigenvalue weighted by molar-refractivity contribution is -0.137. The minimum atomic E-state index is -0.263. The van der Waals surface area contributed by atoms with Crippen molar-refractivity contribution in [2.45, 2.75) is 32.2 Å². The van der Waals surface area contributed by atoms with Crippen molar-refractivity contribution in [2.75, 3.05) is 13.6 Å². The predicted molar refractivity (Wildman–Crippen MR) is 77.5 cm³/mol. The molecule has 1 aromatic rings. The van der Waals surface area contributed by atoms with Gasteiger partial charge >= 0.3 is 0 Å². The van der Waals surface area contributed by atoms with Gasteiger partial charge in [0.25, 0.3) is 0 Å². The molecule has 0 bridgehead atoms. The number of nitrogens with zero attached hydrogens (tertiary/aromatic N) is 1. The van der Waals surface area contributed by atoms with Crippen LogP contribution in [0.25, 0.3) is 0 Å². The Kier molecular flexibility index (Phi) is 4.76. The fraction of sp³-hybridized carbons (Fsp3) is 0.562. The van der Waals surface area contributed by atoms with Crippen LogP contribution in [0.15, 0.2) is 24.3 Å². The Labute approximate surface area is 120 Å². The SMILES string of the molecule is CC(c1ccccc1F)N(C)C(=O)C1CCCC1CN. The molecule has 2 N–H and O–H groups in total. The van der Waals surface area contributed by atoms with Crippen molar-refractivity contribution in [3.8, 4) is 0 Å². The van der Waals surface area contributed by atoms with E-state index >= 15 is 0 Å². The van der Waals surface area contributed by atoms with E-state index in [4.69, 9.17) is 5.73 Å². The average molecular weight is 278 g/mol. The maximum atomic E-state index is 13.8. The molecule has 2 rings (SSSR count). The summed E-state index contributed by atoms with van der Waals surface area (Å²) in [6.45, 7) is 2.42. The zero-order valence-corrected chi connectivity index (χ0v) is 12.2. The average Bonchev–Trinajstić information content (AvgIpc) is 2.94. The van der Waals surface area contributed by atoms with Crippen LogP contribution in [0.3, 0.4) is 0 Å². The minimum Gasteiger partial charge on any atom is -0.339 e. The largest absolute Gasteiger partial charge is 0.339 e. The molecular formula is C16H23FN2O. The molecule has 1 aliphatic carbocycles. The van der Waals surface area contributed by atoms with Gasteiger partial charge in [-0.15, -0.1) is 0 Å². The van der Waals surface area contributed by atoms with Gasteiger partial charge in [0.1, 0.15) is 5.82 Å². The summed E-state index contributed by atoms with van der Waals surface area (Å²) in [6.07, 6.45) is 2.98. The normalized spacial score (nSPS) is 23.6. The Morgan fingerprint density at radius 3 is 2.80 bits per heavy atom. The van der Waals surface area contributed by atoms with Gasteiger partial charge in [0, 0.05) is 18.5 Å². The fourth-order valence-electron chi connectivity index (χ4n) is 3.12. The van der Waals surface area contributed by atoms with Gasteiger partial charge in [-0.3, -0.25) is 4.79 Å². The Morgan fingerprint density at radius 2 is 2.15 bits per heavy atom. The number of carbonyl (C=O) groups excluding carboxylic acids is 1. The van der Waals surface area contributed by atoms with E-state index in [1.54, 1.807) is 30.1 Å². The molecule has 20 heavy (non-hydrogen) atoms. The third-order valence-electron chi connectivity index (χ3n) is 4.56. The zero-order chi connectivity index (χ0) is 14.7. The van der Waals surface area contributed by atoms with Crippen LogP contribution < -0.4 is 5.73 Å². The second-order valence-corrected chi connectivity index (χ2v) is 5.68. The molecule has 1 fully saturated rings. The molecule has 0 saturated heterocycles. The number of hydrogen-bond donors (Lipinski definition) is 1. The van der Waals surface area contributed by atoms with E-state index in [1.807, 2.05) is 6.92 Å². The van der Waals surface area contributed by atoms with Gasteiger partial charge in [-0.2, -0.15) is 0 Å². The lowest BCUT2D eigenvalue weighted by Crippen LogP contribution is -2.38. The van der Waals surface area contributed by atoms with Crippen molar-refractivity contribution >= 4 is 5.91 Å². The Hall–Kier alpha value is -1.42. The van der Waals surface area contributed by atoms with Crippen molar-refractivity contribution < 1.29 is 9.18 Å². The van der Waals surface area contributed by atoms with Crippen molar-refractivity contribution in [3.05, 3.63) is 35.6 Å². The molecule has 1 aliphatic rings. The topological polar surface area (TPSA) is 46.3 Å². The summed E-state index contributed by atoms with van der Waals surface area (Å²) >= 11 is 0. The van der Waals surface area contributed by atoms with E-state index in [2.05, 4.69) is 0 Å². The summed E-state index contributed by atoms with van der Waals surface area (Å²) in [5.74, 6) is 0.104. The van der Waals surface area contributed by atoms with E-state index in [-0.39, 0.29) is 29.6 Å². The third kappa shape index (κ3) is 2.85. The molecule has 0 aliphatic heterocycles. The highest BCUT2D eigenvalue weighted by Crippen LogP contribution is 2.34.